The molecule has 3 heterocycles. The summed E-state index contributed by atoms with van der Waals surface area (Å²) in [7, 11) is -3.70. The molecule has 0 saturated carbocycles. The van der Waals surface area contributed by atoms with Crippen LogP contribution in [0.15, 0.2) is 23.1 Å². The highest BCUT2D eigenvalue weighted by Gasteiger charge is 2.36. The van der Waals surface area contributed by atoms with Crippen LogP contribution in [0.25, 0.3) is 11.0 Å². The summed E-state index contributed by atoms with van der Waals surface area (Å²) in [5.74, 6) is -0.177. The first kappa shape index (κ1) is 21.9. The molecular formula is C19H25N5O5S2. The van der Waals surface area contributed by atoms with E-state index in [1.807, 2.05) is 0 Å². The average molecular weight is 468 g/mol. The number of rotatable bonds is 4. The average Bonchev–Trinajstić information content (AvgIpc) is 3.28. The maximum Gasteiger partial charge on any atom is 0.409 e. The number of hydrogen-bond acceptors (Lipinski definition) is 8. The molecule has 0 radical (unpaired) electrons. The largest absolute Gasteiger partial charge is 0.450 e. The molecule has 0 N–H and O–H groups in total. The van der Waals surface area contributed by atoms with Crippen LogP contribution in [0, 0.1) is 5.92 Å². The molecule has 2 aliphatic rings. The number of benzene rings is 1. The Bertz CT molecular complexity index is 1060. The van der Waals surface area contributed by atoms with E-state index in [1.54, 1.807) is 34.9 Å². The van der Waals surface area contributed by atoms with Gasteiger partial charge < -0.3 is 14.5 Å². The third kappa shape index (κ3) is 4.37. The Balaban J connectivity index is 1.35. The van der Waals surface area contributed by atoms with Crippen LogP contribution in [0.3, 0.4) is 0 Å². The number of nitrogens with zero attached hydrogens (tertiary/aromatic N) is 5. The standard InChI is InChI=1S/C19H25N5O5S2/c1-2-29-19(26)23-12-10-22(11-13-23)18(25)14-6-8-24(9-7-14)31(27,28)16-5-3-4-15-17(16)21-30-20-15/h3-5,14H,2,6-13H2,1H3. The van der Waals surface area contributed by atoms with Crippen molar-refractivity contribution in [2.45, 2.75) is 24.7 Å². The third-order valence-corrected chi connectivity index (χ3v) is 8.26. The summed E-state index contributed by atoms with van der Waals surface area (Å²) in [4.78, 5) is 28.3. The number of ether oxygens (including phenoxy) is 1. The Kier molecular flexibility index (Phi) is 6.39. The number of hydrogen-bond donors (Lipinski definition) is 0. The van der Waals surface area contributed by atoms with E-state index < -0.39 is 10.0 Å². The van der Waals surface area contributed by atoms with Crippen LogP contribution in [0.1, 0.15) is 19.8 Å². The van der Waals surface area contributed by atoms with Crippen molar-refractivity contribution >= 4 is 44.8 Å². The van der Waals surface area contributed by atoms with Crippen molar-refractivity contribution in [3.05, 3.63) is 18.2 Å². The molecule has 0 bridgehead atoms. The topological polar surface area (TPSA) is 113 Å². The van der Waals surface area contributed by atoms with E-state index >= 15 is 0 Å². The molecule has 2 amide bonds. The van der Waals surface area contributed by atoms with Crippen molar-refractivity contribution in [3.8, 4) is 0 Å². The van der Waals surface area contributed by atoms with Gasteiger partial charge in [-0.15, -0.1) is 0 Å². The predicted molar refractivity (Wildman–Crippen MR) is 114 cm³/mol. The monoisotopic (exact) mass is 467 g/mol. The highest BCUT2D eigenvalue weighted by molar-refractivity contribution is 7.89. The molecule has 0 aliphatic carbocycles. The molecule has 31 heavy (non-hydrogen) atoms. The Morgan fingerprint density at radius 1 is 1.06 bits per heavy atom. The number of sulfonamides is 1. The van der Waals surface area contributed by atoms with Crippen LogP contribution in [-0.2, 0) is 19.6 Å². The summed E-state index contributed by atoms with van der Waals surface area (Å²) in [6.45, 7) is 4.49. The molecule has 4 rings (SSSR count). The number of carbonyl (C=O) groups is 2. The van der Waals surface area contributed by atoms with E-state index in [2.05, 4.69) is 8.75 Å². The Morgan fingerprint density at radius 2 is 1.74 bits per heavy atom. The van der Waals surface area contributed by atoms with E-state index in [-0.39, 0.29) is 35.9 Å². The summed E-state index contributed by atoms with van der Waals surface area (Å²) < 4.78 is 41.0. The lowest BCUT2D eigenvalue weighted by molar-refractivity contribution is -0.138. The van der Waals surface area contributed by atoms with E-state index in [0.29, 0.717) is 56.7 Å². The number of carbonyl (C=O) groups excluding carboxylic acids is 2. The summed E-state index contributed by atoms with van der Waals surface area (Å²) in [6.07, 6.45) is 0.599. The molecular weight excluding hydrogens is 442 g/mol. The number of amides is 2. The van der Waals surface area contributed by atoms with E-state index in [0.717, 1.165) is 11.7 Å². The molecule has 1 aromatic heterocycles. The van der Waals surface area contributed by atoms with Gasteiger partial charge in [0.15, 0.2) is 0 Å². The molecule has 2 aliphatic heterocycles. The number of fused-ring (bicyclic) bond motifs is 1. The minimum absolute atomic E-state index is 0.0337. The van der Waals surface area contributed by atoms with Gasteiger partial charge in [-0.05, 0) is 31.9 Å². The lowest BCUT2D eigenvalue weighted by Gasteiger charge is -2.37. The summed E-state index contributed by atoms with van der Waals surface area (Å²) >= 11 is 0.989. The van der Waals surface area contributed by atoms with E-state index in [4.69, 9.17) is 4.74 Å². The van der Waals surface area contributed by atoms with Crippen LogP contribution in [-0.4, -0.2) is 89.1 Å². The second kappa shape index (κ2) is 9.05. The van der Waals surface area contributed by atoms with Gasteiger partial charge in [0.1, 0.15) is 15.9 Å². The molecule has 2 fully saturated rings. The van der Waals surface area contributed by atoms with Gasteiger partial charge in [0.2, 0.25) is 15.9 Å². The summed E-state index contributed by atoms with van der Waals surface area (Å²) in [5, 5.41) is 0. The van der Waals surface area contributed by atoms with Crippen LogP contribution < -0.4 is 0 Å². The lowest BCUT2D eigenvalue weighted by Crippen LogP contribution is -2.53. The Labute approximate surface area is 185 Å². The second-order valence-corrected chi connectivity index (χ2v) is 10.0. The van der Waals surface area contributed by atoms with Gasteiger partial charge in [0.25, 0.3) is 0 Å². The lowest BCUT2D eigenvalue weighted by atomic mass is 9.96. The fraction of sp³-hybridized carbons (Fsp3) is 0.579. The highest BCUT2D eigenvalue weighted by atomic mass is 32.2. The zero-order chi connectivity index (χ0) is 22.0. The molecule has 1 aromatic carbocycles. The molecule has 10 nitrogen and oxygen atoms in total. The normalized spacial score (nSPS) is 19.0. The van der Waals surface area contributed by atoms with Crippen LogP contribution in [0.4, 0.5) is 4.79 Å². The molecule has 12 heteroatoms. The van der Waals surface area contributed by atoms with Gasteiger partial charge in [-0.1, -0.05) is 6.07 Å². The molecule has 0 unspecified atom stereocenters. The van der Waals surface area contributed by atoms with Gasteiger partial charge in [0, 0.05) is 45.2 Å². The maximum atomic E-state index is 13.1. The van der Waals surface area contributed by atoms with Crippen LogP contribution in [0.5, 0.6) is 0 Å². The zero-order valence-corrected chi connectivity index (χ0v) is 18.9. The fourth-order valence-corrected chi connectivity index (χ4v) is 6.28. The predicted octanol–water partition coefficient (Wildman–Crippen LogP) is 1.39. The van der Waals surface area contributed by atoms with E-state index in [1.165, 1.54) is 4.31 Å². The second-order valence-electron chi connectivity index (χ2n) is 7.58. The quantitative estimate of drug-likeness (QED) is 0.668. The van der Waals surface area contributed by atoms with Gasteiger partial charge in [-0.25, -0.2) is 13.2 Å². The van der Waals surface area contributed by atoms with Crippen LogP contribution in [0.2, 0.25) is 0 Å². The minimum Gasteiger partial charge on any atom is -0.450 e. The molecule has 2 aromatic rings. The molecule has 2 saturated heterocycles. The smallest absolute Gasteiger partial charge is 0.409 e. The highest BCUT2D eigenvalue weighted by Crippen LogP contribution is 2.29. The van der Waals surface area contributed by atoms with Crippen molar-refractivity contribution in [2.75, 3.05) is 45.9 Å². The summed E-state index contributed by atoms with van der Waals surface area (Å²) in [5.41, 5.74) is 0.961. The number of piperidine rings is 1. The van der Waals surface area contributed by atoms with Gasteiger partial charge >= 0.3 is 6.09 Å². The molecule has 168 valence electrons. The first-order valence-electron chi connectivity index (χ1n) is 10.3. The van der Waals surface area contributed by atoms with Crippen molar-refractivity contribution in [3.63, 3.8) is 0 Å². The maximum absolute atomic E-state index is 13.1. The number of piperazine rings is 1. The van der Waals surface area contributed by atoms with E-state index in [9.17, 15) is 18.0 Å². The van der Waals surface area contributed by atoms with Crippen molar-refractivity contribution in [1.82, 2.24) is 22.9 Å². The third-order valence-electron chi connectivity index (χ3n) is 5.79. The zero-order valence-electron chi connectivity index (χ0n) is 17.3. The van der Waals surface area contributed by atoms with Crippen LogP contribution >= 0.6 is 11.7 Å². The van der Waals surface area contributed by atoms with Gasteiger partial charge in [-0.3, -0.25) is 4.79 Å². The van der Waals surface area contributed by atoms with Crippen molar-refractivity contribution in [1.29, 1.82) is 0 Å². The SMILES string of the molecule is CCOC(=O)N1CCN(C(=O)C2CCN(S(=O)(=O)c3cccc4nsnc34)CC2)CC1. The Hall–Kier alpha value is -2.31. The molecule has 0 atom stereocenters. The molecule has 0 spiro atoms. The van der Waals surface area contributed by atoms with Gasteiger partial charge in [0.05, 0.1) is 18.3 Å². The van der Waals surface area contributed by atoms with Crippen molar-refractivity contribution in [2.24, 2.45) is 5.92 Å². The van der Waals surface area contributed by atoms with Gasteiger partial charge in [-0.2, -0.15) is 13.1 Å². The van der Waals surface area contributed by atoms with Crippen molar-refractivity contribution < 1.29 is 22.7 Å². The first-order chi connectivity index (χ1) is 14.9. The number of aromatic nitrogens is 2. The fourth-order valence-electron chi connectivity index (χ4n) is 4.05. The first-order valence-corrected chi connectivity index (χ1v) is 12.5. The summed E-state index contributed by atoms with van der Waals surface area (Å²) in [6, 6.07) is 4.96. The Morgan fingerprint density at radius 3 is 2.42 bits per heavy atom. The minimum atomic E-state index is -3.70.